The molecule has 2 rings (SSSR count). The van der Waals surface area contributed by atoms with Gasteiger partial charge in [-0.05, 0) is 31.0 Å². The van der Waals surface area contributed by atoms with E-state index in [0.29, 0.717) is 0 Å². The monoisotopic (exact) mass is 340 g/mol. The molecule has 7 nitrogen and oxygen atoms in total. The van der Waals surface area contributed by atoms with Crippen LogP contribution in [0.4, 0.5) is 4.79 Å². The number of phenolic OH excluding ortho intramolecular Hbond substituents is 1. The number of imide groups is 1. The van der Waals surface area contributed by atoms with Gasteiger partial charge in [-0.15, -0.1) is 0 Å². The molecular formula is C15H17ClN2O5. The summed E-state index contributed by atoms with van der Waals surface area (Å²) >= 11 is 5.72. The Bertz CT molecular complexity index is 614. The second kappa shape index (κ2) is 7.82. The first-order valence-corrected chi connectivity index (χ1v) is 7.59. The number of carbonyl (C=O) groups is 3. The maximum atomic E-state index is 11.8. The highest BCUT2D eigenvalue weighted by Gasteiger charge is 2.19. The SMILES string of the molecule is O=C(COC(=O)c1cc(Cl)ccc1O)NC(=O)NC1CCCC1. The van der Waals surface area contributed by atoms with Crippen molar-refractivity contribution >= 4 is 29.5 Å². The minimum atomic E-state index is -0.906. The van der Waals surface area contributed by atoms with Gasteiger partial charge in [0.1, 0.15) is 11.3 Å². The molecule has 0 unspecified atom stereocenters. The lowest BCUT2D eigenvalue weighted by atomic mass is 10.2. The minimum Gasteiger partial charge on any atom is -0.507 e. The fourth-order valence-electron chi connectivity index (χ4n) is 2.33. The molecule has 1 fully saturated rings. The summed E-state index contributed by atoms with van der Waals surface area (Å²) in [6.45, 7) is -0.636. The number of hydrogen-bond acceptors (Lipinski definition) is 5. The van der Waals surface area contributed by atoms with E-state index in [1.54, 1.807) is 0 Å². The van der Waals surface area contributed by atoms with E-state index in [-0.39, 0.29) is 22.4 Å². The number of urea groups is 1. The number of esters is 1. The molecule has 8 heteroatoms. The van der Waals surface area contributed by atoms with Crippen molar-refractivity contribution in [3.8, 4) is 5.75 Å². The van der Waals surface area contributed by atoms with Crippen LogP contribution in [0.15, 0.2) is 18.2 Å². The molecule has 0 atom stereocenters. The van der Waals surface area contributed by atoms with Crippen LogP contribution in [0.5, 0.6) is 5.75 Å². The van der Waals surface area contributed by atoms with Gasteiger partial charge in [-0.3, -0.25) is 10.1 Å². The van der Waals surface area contributed by atoms with Crippen LogP contribution in [-0.4, -0.2) is 35.7 Å². The van der Waals surface area contributed by atoms with Crippen LogP contribution in [0.2, 0.25) is 5.02 Å². The fourth-order valence-corrected chi connectivity index (χ4v) is 2.51. The van der Waals surface area contributed by atoms with E-state index in [1.807, 2.05) is 0 Å². The van der Waals surface area contributed by atoms with Crippen LogP contribution in [0.25, 0.3) is 0 Å². The number of amides is 3. The van der Waals surface area contributed by atoms with Crippen molar-refractivity contribution < 1.29 is 24.2 Å². The molecule has 1 saturated carbocycles. The predicted molar refractivity (Wildman–Crippen MR) is 82.3 cm³/mol. The Labute approximate surface area is 138 Å². The van der Waals surface area contributed by atoms with E-state index in [1.165, 1.54) is 18.2 Å². The molecule has 0 bridgehead atoms. The highest BCUT2D eigenvalue weighted by atomic mass is 35.5. The molecule has 0 aliphatic heterocycles. The van der Waals surface area contributed by atoms with Gasteiger partial charge in [0.15, 0.2) is 6.61 Å². The quantitative estimate of drug-likeness (QED) is 0.727. The van der Waals surface area contributed by atoms with Crippen molar-refractivity contribution in [2.45, 2.75) is 31.7 Å². The maximum Gasteiger partial charge on any atom is 0.342 e. The molecule has 1 aliphatic rings. The normalized spacial score (nSPS) is 14.3. The third-order valence-electron chi connectivity index (χ3n) is 3.46. The van der Waals surface area contributed by atoms with Gasteiger partial charge < -0.3 is 15.2 Å². The van der Waals surface area contributed by atoms with Gasteiger partial charge in [0, 0.05) is 11.1 Å². The Morgan fingerprint density at radius 3 is 2.65 bits per heavy atom. The van der Waals surface area contributed by atoms with Crippen LogP contribution < -0.4 is 10.6 Å². The Morgan fingerprint density at radius 2 is 1.96 bits per heavy atom. The van der Waals surface area contributed by atoms with Gasteiger partial charge in [0.25, 0.3) is 5.91 Å². The van der Waals surface area contributed by atoms with E-state index < -0.39 is 24.5 Å². The lowest BCUT2D eigenvalue weighted by molar-refractivity contribution is -0.123. The lowest BCUT2D eigenvalue weighted by Crippen LogP contribution is -2.44. The summed E-state index contributed by atoms with van der Waals surface area (Å²) in [5.74, 6) is -1.97. The zero-order valence-corrected chi connectivity index (χ0v) is 13.1. The van der Waals surface area contributed by atoms with Crippen LogP contribution in [-0.2, 0) is 9.53 Å². The summed E-state index contributed by atoms with van der Waals surface area (Å²) in [6, 6.07) is 3.35. The summed E-state index contributed by atoms with van der Waals surface area (Å²) in [5, 5.41) is 14.6. The summed E-state index contributed by atoms with van der Waals surface area (Å²) in [6.07, 6.45) is 3.90. The molecule has 1 aromatic rings. The number of halogens is 1. The average molecular weight is 341 g/mol. The highest BCUT2D eigenvalue weighted by molar-refractivity contribution is 6.31. The van der Waals surface area contributed by atoms with Crippen LogP contribution >= 0.6 is 11.6 Å². The van der Waals surface area contributed by atoms with Gasteiger partial charge in [-0.25, -0.2) is 9.59 Å². The Hall–Kier alpha value is -2.28. The van der Waals surface area contributed by atoms with Crippen LogP contribution in [0.1, 0.15) is 36.0 Å². The number of aromatic hydroxyl groups is 1. The molecule has 1 aliphatic carbocycles. The van der Waals surface area contributed by atoms with Gasteiger partial charge in [0.05, 0.1) is 0 Å². The number of benzene rings is 1. The number of nitrogens with one attached hydrogen (secondary N) is 2. The van der Waals surface area contributed by atoms with E-state index in [9.17, 15) is 19.5 Å². The molecule has 0 aromatic heterocycles. The van der Waals surface area contributed by atoms with Gasteiger partial charge in [-0.1, -0.05) is 24.4 Å². The van der Waals surface area contributed by atoms with E-state index in [0.717, 1.165) is 25.7 Å². The molecule has 0 saturated heterocycles. The van der Waals surface area contributed by atoms with E-state index in [4.69, 9.17) is 16.3 Å². The molecule has 124 valence electrons. The largest absolute Gasteiger partial charge is 0.507 e. The summed E-state index contributed by atoms with van der Waals surface area (Å²) < 4.78 is 4.75. The van der Waals surface area contributed by atoms with E-state index >= 15 is 0 Å². The van der Waals surface area contributed by atoms with Crippen molar-refractivity contribution in [2.24, 2.45) is 0 Å². The molecule has 0 radical (unpaired) electrons. The standard InChI is InChI=1S/C15H17ClN2O5/c16-9-5-6-12(19)11(7-9)14(21)23-8-13(20)18-15(22)17-10-3-1-2-4-10/h5-7,10,19H,1-4,8H2,(H2,17,18,20,22). The minimum absolute atomic E-state index is 0.0776. The Balaban J connectivity index is 1.78. The topological polar surface area (TPSA) is 105 Å². The molecule has 3 amide bonds. The number of hydrogen-bond donors (Lipinski definition) is 3. The van der Waals surface area contributed by atoms with Crippen LogP contribution in [0, 0.1) is 0 Å². The third kappa shape index (κ3) is 5.14. The second-order valence-corrected chi connectivity index (χ2v) is 5.68. The van der Waals surface area contributed by atoms with Gasteiger partial charge in [0.2, 0.25) is 0 Å². The molecule has 23 heavy (non-hydrogen) atoms. The predicted octanol–water partition coefficient (Wildman–Crippen LogP) is 1.97. The zero-order valence-electron chi connectivity index (χ0n) is 12.3. The van der Waals surface area contributed by atoms with Crippen molar-refractivity contribution in [3.05, 3.63) is 28.8 Å². The van der Waals surface area contributed by atoms with Gasteiger partial charge in [-0.2, -0.15) is 0 Å². The van der Waals surface area contributed by atoms with E-state index in [2.05, 4.69) is 10.6 Å². The summed E-state index contributed by atoms with van der Waals surface area (Å²) in [5.41, 5.74) is -0.152. The van der Waals surface area contributed by atoms with Crippen molar-refractivity contribution in [1.82, 2.24) is 10.6 Å². The zero-order chi connectivity index (χ0) is 16.8. The molecule has 0 spiro atoms. The lowest BCUT2D eigenvalue weighted by Gasteiger charge is -2.12. The first-order valence-electron chi connectivity index (χ1n) is 7.21. The number of carbonyl (C=O) groups excluding carboxylic acids is 3. The summed E-state index contributed by atoms with van der Waals surface area (Å²) in [4.78, 5) is 34.9. The van der Waals surface area contributed by atoms with Crippen molar-refractivity contribution in [1.29, 1.82) is 0 Å². The highest BCUT2D eigenvalue weighted by Crippen LogP contribution is 2.22. The summed E-state index contributed by atoms with van der Waals surface area (Å²) in [7, 11) is 0. The van der Waals surface area contributed by atoms with Crippen molar-refractivity contribution in [2.75, 3.05) is 6.61 Å². The molecular weight excluding hydrogens is 324 g/mol. The fraction of sp³-hybridized carbons (Fsp3) is 0.400. The smallest absolute Gasteiger partial charge is 0.342 e. The Kier molecular flexibility index (Phi) is 5.81. The number of rotatable bonds is 4. The average Bonchev–Trinajstić information content (AvgIpc) is 3.00. The van der Waals surface area contributed by atoms with Crippen LogP contribution in [0.3, 0.4) is 0 Å². The molecule has 1 aromatic carbocycles. The number of ether oxygens (including phenoxy) is 1. The first-order chi connectivity index (χ1) is 11.0. The third-order valence-corrected chi connectivity index (χ3v) is 3.69. The van der Waals surface area contributed by atoms with Crippen molar-refractivity contribution in [3.63, 3.8) is 0 Å². The maximum absolute atomic E-state index is 11.8. The van der Waals surface area contributed by atoms with Gasteiger partial charge >= 0.3 is 12.0 Å². The molecule has 3 N–H and O–H groups in total. The molecule has 0 heterocycles. The first kappa shape index (κ1) is 17.1. The Morgan fingerprint density at radius 1 is 1.26 bits per heavy atom. The second-order valence-electron chi connectivity index (χ2n) is 5.24. The number of phenols is 1.